The fourth-order valence-corrected chi connectivity index (χ4v) is 4.74. The van der Waals surface area contributed by atoms with Crippen molar-refractivity contribution in [1.29, 1.82) is 0 Å². The van der Waals surface area contributed by atoms with Crippen LogP contribution in [-0.4, -0.2) is 57.9 Å². The van der Waals surface area contributed by atoms with Crippen LogP contribution in [0.25, 0.3) is 0 Å². The van der Waals surface area contributed by atoms with Gasteiger partial charge in [-0.25, -0.2) is 4.68 Å². The molecule has 0 aliphatic rings. The molecular formula is C20H29N6O6PS. The number of nitrogens with two attached hydrogens (primary N) is 1. The van der Waals surface area contributed by atoms with E-state index < -0.39 is 19.4 Å². The summed E-state index contributed by atoms with van der Waals surface area (Å²) in [6, 6.07) is 8.49. The molecule has 0 atom stereocenters. The molecule has 1 aromatic heterocycles. The minimum atomic E-state index is -3.09. The minimum absolute atomic E-state index is 0.0631. The smallest absolute Gasteiger partial charge is 0.330 e. The molecule has 14 heteroatoms. The zero-order valence-electron chi connectivity index (χ0n) is 19.1. The number of nitrogens with zero attached hydrogens (tertiary/aromatic N) is 3. The largest absolute Gasteiger partial charge is 0.364 e. The standard InChI is InChI=1S/C20H29N6O6PS/c1-3-31-33(29,32-4-2)13-9-8-12-30-14-26-18(16(17(21)27)24-25-26)22-20(34)23-19(28)15-10-6-5-7-11-15/h5-7,10-11H,3-4,8-9,12-14H2,1-2H3,(H2,21,27)(H2,22,23,28,34). The summed E-state index contributed by atoms with van der Waals surface area (Å²) < 4.78 is 29.8. The SMILES string of the molecule is CCOP(=O)(CCCCOCn1nnc(C(N)=O)c1NC(=S)NC(=O)c1ccccc1)OCC. The lowest BCUT2D eigenvalue weighted by Crippen LogP contribution is -2.35. The Labute approximate surface area is 203 Å². The molecule has 0 saturated heterocycles. The molecule has 1 aromatic carbocycles. The third kappa shape index (κ3) is 8.58. The molecule has 0 bridgehead atoms. The Hall–Kier alpha value is -2.70. The van der Waals surface area contributed by atoms with Gasteiger partial charge in [0.2, 0.25) is 0 Å². The number of primary amides is 1. The van der Waals surface area contributed by atoms with Gasteiger partial charge in [0.15, 0.2) is 16.6 Å². The highest BCUT2D eigenvalue weighted by molar-refractivity contribution is 7.80. The molecule has 0 unspecified atom stereocenters. The quantitative estimate of drug-likeness (QED) is 0.195. The summed E-state index contributed by atoms with van der Waals surface area (Å²) >= 11 is 5.18. The first-order valence-corrected chi connectivity index (χ1v) is 12.8. The van der Waals surface area contributed by atoms with Gasteiger partial charge in [0, 0.05) is 12.2 Å². The molecule has 0 radical (unpaired) electrons. The minimum Gasteiger partial charge on any atom is -0.364 e. The van der Waals surface area contributed by atoms with Crippen LogP contribution in [0.3, 0.4) is 0 Å². The van der Waals surface area contributed by atoms with E-state index in [2.05, 4.69) is 20.9 Å². The maximum atomic E-state index is 12.4. The van der Waals surface area contributed by atoms with E-state index in [1.165, 1.54) is 4.68 Å². The van der Waals surface area contributed by atoms with Gasteiger partial charge in [-0.3, -0.25) is 19.5 Å². The van der Waals surface area contributed by atoms with Crippen molar-refractivity contribution in [2.24, 2.45) is 5.73 Å². The molecule has 34 heavy (non-hydrogen) atoms. The van der Waals surface area contributed by atoms with E-state index in [9.17, 15) is 14.2 Å². The van der Waals surface area contributed by atoms with Crippen LogP contribution in [0.4, 0.5) is 5.82 Å². The second-order valence-corrected chi connectivity index (χ2v) is 9.43. The first-order chi connectivity index (χ1) is 16.3. The van der Waals surface area contributed by atoms with E-state index in [1.54, 1.807) is 44.2 Å². The summed E-state index contributed by atoms with van der Waals surface area (Å²) in [5, 5.41) is 12.8. The Kier molecular flexibility index (Phi) is 11.2. The van der Waals surface area contributed by atoms with Crippen LogP contribution >= 0.6 is 19.8 Å². The Bertz CT molecular complexity index is 1010. The number of carbonyl (C=O) groups excluding carboxylic acids is 2. The summed E-state index contributed by atoms with van der Waals surface area (Å²) in [7, 11) is -3.09. The monoisotopic (exact) mass is 512 g/mol. The van der Waals surface area contributed by atoms with Gasteiger partial charge in [0.25, 0.3) is 11.8 Å². The lowest BCUT2D eigenvalue weighted by molar-refractivity contribution is 0.0669. The number of anilines is 1. The Morgan fingerprint density at radius 3 is 2.44 bits per heavy atom. The molecule has 186 valence electrons. The number of ether oxygens (including phenoxy) is 1. The normalized spacial score (nSPS) is 11.2. The summed E-state index contributed by atoms with van der Waals surface area (Å²) in [5.41, 5.74) is 5.62. The second kappa shape index (κ2) is 13.9. The van der Waals surface area contributed by atoms with Crippen molar-refractivity contribution in [1.82, 2.24) is 20.3 Å². The van der Waals surface area contributed by atoms with Gasteiger partial charge in [-0.05, 0) is 51.0 Å². The van der Waals surface area contributed by atoms with E-state index in [4.69, 9.17) is 31.7 Å². The maximum absolute atomic E-state index is 12.4. The molecule has 2 aromatic rings. The molecule has 2 rings (SSSR count). The maximum Gasteiger partial charge on any atom is 0.330 e. The second-order valence-electron chi connectivity index (χ2n) is 6.84. The molecule has 0 fully saturated rings. The molecule has 4 N–H and O–H groups in total. The Balaban J connectivity index is 1.89. The first kappa shape index (κ1) is 27.5. The highest BCUT2D eigenvalue weighted by atomic mass is 32.1. The van der Waals surface area contributed by atoms with Crippen LogP contribution in [0.1, 0.15) is 47.5 Å². The highest BCUT2D eigenvalue weighted by Gasteiger charge is 2.23. The van der Waals surface area contributed by atoms with Crippen molar-refractivity contribution in [3.05, 3.63) is 41.6 Å². The molecule has 0 aliphatic heterocycles. The lowest BCUT2D eigenvalue weighted by Gasteiger charge is -2.16. The first-order valence-electron chi connectivity index (χ1n) is 10.7. The third-order valence-corrected chi connectivity index (χ3v) is 6.67. The average Bonchev–Trinajstić information content (AvgIpc) is 3.19. The summed E-state index contributed by atoms with van der Waals surface area (Å²) in [6.45, 7) is 4.40. The van der Waals surface area contributed by atoms with E-state index in [0.717, 1.165) is 0 Å². The van der Waals surface area contributed by atoms with Crippen LogP contribution in [-0.2, 0) is 25.1 Å². The van der Waals surface area contributed by atoms with E-state index in [0.29, 0.717) is 38.2 Å². The van der Waals surface area contributed by atoms with Crippen molar-refractivity contribution >= 4 is 42.6 Å². The van der Waals surface area contributed by atoms with Gasteiger partial charge in [0.05, 0.1) is 19.4 Å². The van der Waals surface area contributed by atoms with Gasteiger partial charge >= 0.3 is 7.60 Å². The van der Waals surface area contributed by atoms with Crippen LogP contribution in [0, 0.1) is 0 Å². The molecule has 0 aliphatic carbocycles. The van der Waals surface area contributed by atoms with Crippen LogP contribution in [0.5, 0.6) is 0 Å². The number of rotatable bonds is 14. The number of benzene rings is 1. The molecule has 2 amide bonds. The molecule has 0 spiro atoms. The molecule has 1 heterocycles. The highest BCUT2D eigenvalue weighted by Crippen LogP contribution is 2.48. The van der Waals surface area contributed by atoms with Crippen molar-refractivity contribution in [3.8, 4) is 0 Å². The van der Waals surface area contributed by atoms with Crippen molar-refractivity contribution in [2.45, 2.75) is 33.4 Å². The van der Waals surface area contributed by atoms with Gasteiger partial charge < -0.3 is 24.8 Å². The number of hydrogen-bond acceptors (Lipinski definition) is 9. The molecule has 12 nitrogen and oxygen atoms in total. The zero-order chi connectivity index (χ0) is 25.0. The topological polar surface area (TPSA) is 160 Å². The fourth-order valence-electron chi connectivity index (χ4n) is 2.82. The fraction of sp³-hybridized carbons (Fsp3) is 0.450. The average molecular weight is 513 g/mol. The number of thiocarbonyl (C=S) groups is 1. The van der Waals surface area contributed by atoms with Crippen molar-refractivity contribution in [2.75, 3.05) is 31.3 Å². The number of unbranched alkanes of at least 4 members (excludes halogenated alkanes) is 1. The Morgan fingerprint density at radius 2 is 1.82 bits per heavy atom. The lowest BCUT2D eigenvalue weighted by atomic mass is 10.2. The number of amides is 2. The van der Waals surface area contributed by atoms with Crippen molar-refractivity contribution in [3.63, 3.8) is 0 Å². The predicted molar refractivity (Wildman–Crippen MR) is 130 cm³/mol. The number of hydrogen-bond donors (Lipinski definition) is 3. The zero-order valence-corrected chi connectivity index (χ0v) is 20.8. The molecular weight excluding hydrogens is 483 g/mol. The van der Waals surface area contributed by atoms with Crippen LogP contribution in [0.2, 0.25) is 0 Å². The van der Waals surface area contributed by atoms with Crippen molar-refractivity contribution < 1.29 is 27.9 Å². The Morgan fingerprint density at radius 1 is 1.15 bits per heavy atom. The number of aromatic nitrogens is 3. The number of nitrogens with one attached hydrogen (secondary N) is 2. The predicted octanol–water partition coefficient (Wildman–Crippen LogP) is 2.52. The molecule has 0 saturated carbocycles. The van der Waals surface area contributed by atoms with Gasteiger partial charge in [-0.15, -0.1) is 5.10 Å². The summed E-state index contributed by atoms with van der Waals surface area (Å²) in [5.74, 6) is -1.16. The third-order valence-electron chi connectivity index (χ3n) is 4.30. The number of carbonyl (C=O) groups is 2. The van der Waals surface area contributed by atoms with Gasteiger partial charge in [0.1, 0.15) is 6.73 Å². The van der Waals surface area contributed by atoms with Gasteiger partial charge in [-0.2, -0.15) is 0 Å². The van der Waals surface area contributed by atoms with Gasteiger partial charge in [-0.1, -0.05) is 23.4 Å². The van der Waals surface area contributed by atoms with E-state index in [-0.39, 0.29) is 29.5 Å². The van der Waals surface area contributed by atoms with E-state index in [1.807, 2.05) is 0 Å². The summed E-state index contributed by atoms with van der Waals surface area (Å²) in [6.07, 6.45) is 1.45. The van der Waals surface area contributed by atoms with Crippen LogP contribution < -0.4 is 16.4 Å². The van der Waals surface area contributed by atoms with E-state index >= 15 is 0 Å². The van der Waals surface area contributed by atoms with Crippen LogP contribution in [0.15, 0.2) is 30.3 Å². The summed E-state index contributed by atoms with van der Waals surface area (Å²) in [4.78, 5) is 24.0.